The van der Waals surface area contributed by atoms with Gasteiger partial charge in [0.1, 0.15) is 12.6 Å². The number of rotatable bonds is 9. The van der Waals surface area contributed by atoms with Crippen LogP contribution in [0.1, 0.15) is 44.6 Å². The highest BCUT2D eigenvalue weighted by Gasteiger charge is 2.31. The van der Waals surface area contributed by atoms with Crippen LogP contribution in [-0.4, -0.2) is 50.0 Å². The van der Waals surface area contributed by atoms with Gasteiger partial charge in [-0.05, 0) is 55.7 Å². The Morgan fingerprint density at radius 2 is 1.72 bits per heavy atom. The fraction of sp³-hybridized carbons (Fsp3) is 0.440. The number of hydrogen-bond donors (Lipinski definition) is 1. The van der Waals surface area contributed by atoms with E-state index in [9.17, 15) is 18.0 Å². The molecule has 0 aliphatic heterocycles. The first-order chi connectivity index (χ1) is 17.0. The van der Waals surface area contributed by atoms with Crippen LogP contribution in [0.3, 0.4) is 0 Å². The van der Waals surface area contributed by atoms with Gasteiger partial charge in [-0.25, -0.2) is 8.42 Å². The Labute approximate surface area is 227 Å². The molecule has 2 amide bonds. The molecule has 0 spiro atoms. The maximum absolute atomic E-state index is 13.6. The Hall–Kier alpha value is -2.00. The molecule has 36 heavy (non-hydrogen) atoms. The van der Waals surface area contributed by atoms with Gasteiger partial charge in [-0.1, -0.05) is 66.2 Å². The lowest BCUT2D eigenvalue weighted by molar-refractivity contribution is -0.139. The van der Waals surface area contributed by atoms with Crippen molar-refractivity contribution in [2.75, 3.05) is 17.1 Å². The van der Waals surface area contributed by atoms with Crippen LogP contribution >= 0.6 is 34.8 Å². The Bertz CT molecular complexity index is 1200. The summed E-state index contributed by atoms with van der Waals surface area (Å²) in [5, 5.41) is 3.97. The minimum atomic E-state index is -3.86. The van der Waals surface area contributed by atoms with Crippen molar-refractivity contribution >= 4 is 62.3 Å². The van der Waals surface area contributed by atoms with E-state index < -0.39 is 28.5 Å². The van der Waals surface area contributed by atoms with E-state index in [-0.39, 0.29) is 34.2 Å². The van der Waals surface area contributed by atoms with Crippen molar-refractivity contribution in [3.8, 4) is 0 Å². The van der Waals surface area contributed by atoms with E-state index in [0.717, 1.165) is 42.7 Å². The molecule has 1 aliphatic rings. The number of benzene rings is 2. The van der Waals surface area contributed by atoms with Crippen molar-refractivity contribution in [2.24, 2.45) is 0 Å². The van der Waals surface area contributed by atoms with Crippen molar-refractivity contribution in [2.45, 2.75) is 57.7 Å². The lowest BCUT2D eigenvalue weighted by Gasteiger charge is -2.33. The van der Waals surface area contributed by atoms with Gasteiger partial charge in [0.25, 0.3) is 0 Å². The number of carbonyl (C=O) groups excluding carboxylic acids is 2. The van der Waals surface area contributed by atoms with Gasteiger partial charge in [-0.3, -0.25) is 13.9 Å². The molecular formula is C25H30Cl3N3O4S. The molecule has 1 unspecified atom stereocenters. The maximum atomic E-state index is 13.6. The summed E-state index contributed by atoms with van der Waals surface area (Å²) in [6.45, 7) is 1.21. The van der Waals surface area contributed by atoms with Gasteiger partial charge in [0.15, 0.2) is 0 Å². The monoisotopic (exact) mass is 573 g/mol. The SMILES string of the molecule is CC(C(=O)NC1CCCCC1)N(Cc1cccc(Cl)c1)C(=O)CN(c1ccc(Cl)c(Cl)c1)S(C)(=O)=O. The fourth-order valence-electron chi connectivity index (χ4n) is 4.24. The molecule has 1 atom stereocenters. The zero-order valence-corrected chi connectivity index (χ0v) is 23.3. The summed E-state index contributed by atoms with van der Waals surface area (Å²) >= 11 is 18.2. The first kappa shape index (κ1) is 28.6. The number of nitrogens with zero attached hydrogens (tertiary/aromatic N) is 2. The quantitative estimate of drug-likeness (QED) is 0.442. The molecule has 1 N–H and O–H groups in total. The summed E-state index contributed by atoms with van der Waals surface area (Å²) in [6.07, 6.45) is 6.06. The molecule has 7 nitrogen and oxygen atoms in total. The molecule has 0 radical (unpaired) electrons. The summed E-state index contributed by atoms with van der Waals surface area (Å²) in [7, 11) is -3.86. The molecule has 0 bridgehead atoms. The molecular weight excluding hydrogens is 545 g/mol. The van der Waals surface area contributed by atoms with Crippen LogP contribution in [0.5, 0.6) is 0 Å². The van der Waals surface area contributed by atoms with Gasteiger partial charge < -0.3 is 10.2 Å². The van der Waals surface area contributed by atoms with Crippen molar-refractivity contribution < 1.29 is 18.0 Å². The zero-order valence-electron chi connectivity index (χ0n) is 20.2. The molecule has 196 valence electrons. The first-order valence-corrected chi connectivity index (χ1v) is 14.7. The molecule has 2 aromatic carbocycles. The molecule has 2 aromatic rings. The topological polar surface area (TPSA) is 86.8 Å². The predicted octanol–water partition coefficient (Wildman–Crippen LogP) is 5.28. The maximum Gasteiger partial charge on any atom is 0.244 e. The van der Waals surface area contributed by atoms with E-state index >= 15 is 0 Å². The van der Waals surface area contributed by atoms with E-state index in [4.69, 9.17) is 34.8 Å². The number of hydrogen-bond acceptors (Lipinski definition) is 4. The second-order valence-corrected chi connectivity index (χ2v) is 12.2. The number of sulfonamides is 1. The van der Waals surface area contributed by atoms with Crippen molar-refractivity contribution in [1.82, 2.24) is 10.2 Å². The van der Waals surface area contributed by atoms with Crippen LogP contribution in [0.4, 0.5) is 5.69 Å². The molecule has 1 saturated carbocycles. The highest BCUT2D eigenvalue weighted by Crippen LogP contribution is 2.29. The molecule has 0 heterocycles. The molecule has 3 rings (SSSR count). The van der Waals surface area contributed by atoms with E-state index in [1.807, 2.05) is 0 Å². The van der Waals surface area contributed by atoms with Gasteiger partial charge in [-0.15, -0.1) is 0 Å². The predicted molar refractivity (Wildman–Crippen MR) is 145 cm³/mol. The van der Waals surface area contributed by atoms with Crippen LogP contribution in [-0.2, 0) is 26.2 Å². The summed E-state index contributed by atoms with van der Waals surface area (Å²) in [5.41, 5.74) is 0.913. The minimum absolute atomic E-state index is 0.0700. The van der Waals surface area contributed by atoms with Crippen molar-refractivity contribution in [3.05, 3.63) is 63.1 Å². The first-order valence-electron chi connectivity index (χ1n) is 11.7. The van der Waals surface area contributed by atoms with Gasteiger partial charge >= 0.3 is 0 Å². The number of carbonyl (C=O) groups is 2. The number of halogens is 3. The minimum Gasteiger partial charge on any atom is -0.352 e. The highest BCUT2D eigenvalue weighted by molar-refractivity contribution is 7.92. The third-order valence-electron chi connectivity index (χ3n) is 6.23. The smallest absolute Gasteiger partial charge is 0.244 e. The number of amides is 2. The Morgan fingerprint density at radius 3 is 2.33 bits per heavy atom. The van der Waals surface area contributed by atoms with Crippen LogP contribution in [0, 0.1) is 0 Å². The number of nitrogens with one attached hydrogen (secondary N) is 1. The van der Waals surface area contributed by atoms with E-state index in [2.05, 4.69) is 5.32 Å². The van der Waals surface area contributed by atoms with Crippen molar-refractivity contribution in [1.29, 1.82) is 0 Å². The average Bonchev–Trinajstić information content (AvgIpc) is 2.82. The molecule has 0 saturated heterocycles. The summed E-state index contributed by atoms with van der Waals surface area (Å²) < 4.78 is 26.2. The Kier molecular flexibility index (Phi) is 9.92. The van der Waals surface area contributed by atoms with E-state index in [1.165, 1.54) is 23.1 Å². The summed E-state index contributed by atoms with van der Waals surface area (Å²) in [6, 6.07) is 10.5. The molecule has 0 aromatic heterocycles. The molecule has 1 aliphatic carbocycles. The van der Waals surface area contributed by atoms with Crippen LogP contribution < -0.4 is 9.62 Å². The normalized spacial score (nSPS) is 15.2. The van der Waals surface area contributed by atoms with E-state index in [1.54, 1.807) is 31.2 Å². The lowest BCUT2D eigenvalue weighted by atomic mass is 9.95. The van der Waals surface area contributed by atoms with Crippen molar-refractivity contribution in [3.63, 3.8) is 0 Å². The summed E-state index contributed by atoms with van der Waals surface area (Å²) in [4.78, 5) is 28.1. The fourth-order valence-corrected chi connectivity index (χ4v) is 5.58. The Balaban J connectivity index is 1.88. The van der Waals surface area contributed by atoms with Crippen LogP contribution in [0.15, 0.2) is 42.5 Å². The van der Waals surface area contributed by atoms with Crippen LogP contribution in [0.25, 0.3) is 0 Å². The second-order valence-electron chi connectivity index (χ2n) is 9.04. The Morgan fingerprint density at radius 1 is 1.03 bits per heavy atom. The van der Waals surface area contributed by atoms with Gasteiger partial charge in [0, 0.05) is 17.6 Å². The van der Waals surface area contributed by atoms with E-state index in [0.29, 0.717) is 10.6 Å². The molecule has 1 fully saturated rings. The van der Waals surface area contributed by atoms with Gasteiger partial charge in [0.05, 0.1) is 22.0 Å². The van der Waals surface area contributed by atoms with Gasteiger partial charge in [-0.2, -0.15) is 0 Å². The summed E-state index contributed by atoms with van der Waals surface area (Å²) in [5.74, 6) is -0.824. The molecule has 11 heteroatoms. The van der Waals surface area contributed by atoms with Gasteiger partial charge in [0.2, 0.25) is 21.8 Å². The standard InChI is InChI=1S/C25H30Cl3N3O4S/c1-17(25(33)29-20-9-4-3-5-10-20)30(15-18-7-6-8-19(26)13-18)24(32)16-31(36(2,34)35)21-11-12-22(27)23(28)14-21/h6-8,11-14,17,20H,3-5,9-10,15-16H2,1-2H3,(H,29,33). The van der Waals surface area contributed by atoms with Crippen LogP contribution in [0.2, 0.25) is 15.1 Å². The highest BCUT2D eigenvalue weighted by atomic mass is 35.5. The largest absolute Gasteiger partial charge is 0.352 e. The number of anilines is 1. The zero-order chi connectivity index (χ0) is 26.5. The average molecular weight is 575 g/mol. The third-order valence-corrected chi connectivity index (χ3v) is 8.35. The third kappa shape index (κ3) is 7.75. The lowest BCUT2D eigenvalue weighted by Crippen LogP contribution is -2.52. The second kappa shape index (κ2) is 12.5.